The second-order valence-corrected chi connectivity index (χ2v) is 1.83. The van der Waals surface area contributed by atoms with Crippen molar-refractivity contribution in [3.8, 4) is 0 Å². The van der Waals surface area contributed by atoms with E-state index in [0.717, 1.165) is 4.79 Å². The summed E-state index contributed by atoms with van der Waals surface area (Å²) in [6.45, 7) is 2.81. The summed E-state index contributed by atoms with van der Waals surface area (Å²) in [7, 11) is 0. The Morgan fingerprint density at radius 2 is 1.50 bits per heavy atom. The Labute approximate surface area is 67.2 Å². The molecular weight excluding hydrogens is 184 g/mol. The van der Waals surface area contributed by atoms with Gasteiger partial charge in [0.2, 0.25) is 0 Å². The maximum absolute atomic E-state index is 10.0. The SMILES string of the molecule is CC(=O)CC(C)=O.O=[C]=[Cu]. The Morgan fingerprint density at radius 3 is 1.50 bits per heavy atom. The molecule has 0 aromatic rings. The first-order valence-corrected chi connectivity index (χ1v) is 2.94. The van der Waals surface area contributed by atoms with Crippen LogP contribution >= 0.6 is 0 Å². The molecule has 0 saturated heterocycles. The summed E-state index contributed by atoms with van der Waals surface area (Å²) < 4.78 is 0. The number of rotatable bonds is 2. The molecule has 0 radical (unpaired) electrons. The zero-order chi connectivity index (χ0) is 8.57. The Hall–Kier alpha value is -0.561. The van der Waals surface area contributed by atoms with E-state index < -0.39 is 0 Å². The van der Waals surface area contributed by atoms with Crippen LogP contribution in [0.15, 0.2) is 0 Å². The van der Waals surface area contributed by atoms with Gasteiger partial charge in [-0.15, -0.1) is 0 Å². The molecule has 0 aliphatic carbocycles. The van der Waals surface area contributed by atoms with Gasteiger partial charge >= 0.3 is 25.2 Å². The van der Waals surface area contributed by atoms with Gasteiger partial charge in [-0.25, -0.2) is 0 Å². The summed E-state index contributed by atoms with van der Waals surface area (Å²) in [5.41, 5.74) is 0. The third kappa shape index (κ3) is 26.1. The van der Waals surface area contributed by atoms with Crippen LogP contribution in [0.1, 0.15) is 20.3 Å². The molecular formula is C6H8CuO3. The van der Waals surface area contributed by atoms with Crippen molar-refractivity contribution >= 4 is 16.4 Å². The minimum atomic E-state index is -0.0625. The average molecular weight is 192 g/mol. The molecule has 0 saturated carbocycles. The second kappa shape index (κ2) is 8.44. The van der Waals surface area contributed by atoms with Gasteiger partial charge in [-0.2, -0.15) is 0 Å². The molecule has 0 heterocycles. The fourth-order valence-electron chi connectivity index (χ4n) is 0.351. The molecule has 0 unspecified atom stereocenters. The van der Waals surface area contributed by atoms with Gasteiger partial charge in [-0.1, -0.05) is 0 Å². The van der Waals surface area contributed by atoms with Gasteiger partial charge in [-0.05, 0) is 13.8 Å². The monoisotopic (exact) mass is 191 g/mol. The van der Waals surface area contributed by atoms with Gasteiger partial charge in [-0.3, -0.25) is 9.59 Å². The van der Waals surface area contributed by atoms with Crippen LogP contribution in [0.2, 0.25) is 0 Å². The topological polar surface area (TPSA) is 51.2 Å². The van der Waals surface area contributed by atoms with E-state index in [2.05, 4.69) is 15.6 Å². The summed E-state index contributed by atoms with van der Waals surface area (Å²) in [6.07, 6.45) is 0.0833. The molecule has 0 amide bonds. The van der Waals surface area contributed by atoms with Crippen LogP contribution in [-0.4, -0.2) is 16.4 Å². The number of Topliss-reactive ketones (excluding diaryl/α,β-unsaturated/α-hetero) is 2. The van der Waals surface area contributed by atoms with Crippen molar-refractivity contribution in [3.05, 3.63) is 0 Å². The van der Waals surface area contributed by atoms with E-state index in [1.165, 1.54) is 13.8 Å². The van der Waals surface area contributed by atoms with Crippen LogP contribution in [-0.2, 0) is 30.0 Å². The molecule has 0 rings (SSSR count). The van der Waals surface area contributed by atoms with E-state index in [1.54, 1.807) is 0 Å². The first-order chi connectivity index (χ1) is 4.54. The zero-order valence-electron chi connectivity index (χ0n) is 5.73. The quantitative estimate of drug-likeness (QED) is 0.462. The Kier molecular flexibility index (Phi) is 10.3. The van der Waals surface area contributed by atoms with Crippen molar-refractivity contribution in [3.63, 3.8) is 0 Å². The predicted octanol–water partition coefficient (Wildman–Crippen LogP) is 0.155. The summed E-state index contributed by atoms with van der Waals surface area (Å²) in [5.74, 6) is -0.125. The fraction of sp³-hybridized carbons (Fsp3) is 0.500. The molecule has 10 heavy (non-hydrogen) atoms. The van der Waals surface area contributed by atoms with Crippen LogP contribution < -0.4 is 0 Å². The van der Waals surface area contributed by atoms with Crippen molar-refractivity contribution in [1.82, 2.24) is 0 Å². The third-order valence-electron chi connectivity index (χ3n) is 0.498. The third-order valence-corrected chi connectivity index (χ3v) is 0.498. The van der Waals surface area contributed by atoms with Crippen molar-refractivity contribution in [2.24, 2.45) is 0 Å². The van der Waals surface area contributed by atoms with Gasteiger partial charge < -0.3 is 0 Å². The summed E-state index contributed by atoms with van der Waals surface area (Å²) in [5, 5.41) is 0. The molecule has 0 aromatic heterocycles. The summed E-state index contributed by atoms with van der Waals surface area (Å²) >= 11 is 3.70. The first-order valence-electron chi connectivity index (χ1n) is 2.47. The van der Waals surface area contributed by atoms with E-state index in [4.69, 9.17) is 4.79 Å². The van der Waals surface area contributed by atoms with Crippen molar-refractivity contribution in [2.45, 2.75) is 20.3 Å². The van der Waals surface area contributed by atoms with Crippen LogP contribution in [0.5, 0.6) is 0 Å². The molecule has 0 aromatic carbocycles. The van der Waals surface area contributed by atoms with E-state index in [9.17, 15) is 9.59 Å². The summed E-state index contributed by atoms with van der Waals surface area (Å²) in [6, 6.07) is 0. The van der Waals surface area contributed by atoms with E-state index in [-0.39, 0.29) is 18.0 Å². The maximum atomic E-state index is 10.0. The van der Waals surface area contributed by atoms with Crippen LogP contribution in [0.4, 0.5) is 0 Å². The van der Waals surface area contributed by atoms with Crippen molar-refractivity contribution in [2.75, 3.05) is 0 Å². The van der Waals surface area contributed by atoms with Crippen molar-refractivity contribution in [1.29, 1.82) is 0 Å². The zero-order valence-corrected chi connectivity index (χ0v) is 6.68. The van der Waals surface area contributed by atoms with Crippen LogP contribution in [0.25, 0.3) is 0 Å². The first kappa shape index (κ1) is 12.1. The van der Waals surface area contributed by atoms with Gasteiger partial charge in [0.1, 0.15) is 11.6 Å². The fourth-order valence-corrected chi connectivity index (χ4v) is 0.351. The molecule has 61 valence electrons. The number of hydrogen-bond donors (Lipinski definition) is 0. The molecule has 0 atom stereocenters. The average Bonchev–Trinajstić information content (AvgIpc) is 1.62. The van der Waals surface area contributed by atoms with Gasteiger partial charge in [0.25, 0.3) is 0 Å². The van der Waals surface area contributed by atoms with Crippen LogP contribution in [0, 0.1) is 0 Å². The number of carbonyl (C=O) groups is 2. The van der Waals surface area contributed by atoms with Crippen LogP contribution in [0.3, 0.4) is 0 Å². The number of carbonyl (C=O) groups excluding carboxylic acids is 3. The predicted molar refractivity (Wildman–Crippen MR) is 31.7 cm³/mol. The van der Waals surface area contributed by atoms with Gasteiger partial charge in [0, 0.05) is 0 Å². The van der Waals surface area contributed by atoms with E-state index in [0.29, 0.717) is 0 Å². The summed E-state index contributed by atoms with van der Waals surface area (Å²) in [4.78, 5) is 29.6. The molecule has 0 aliphatic rings. The van der Waals surface area contributed by atoms with Gasteiger partial charge in [0.15, 0.2) is 0 Å². The molecule has 0 spiro atoms. The molecule has 3 nitrogen and oxygen atoms in total. The standard InChI is InChI=1S/C5H8O2.CO.Cu/c1-4(6)3-5(2)7;1-2;/h3H2,1-2H3;;. The Bertz CT molecular complexity index is 144. The minimum absolute atomic E-state index is 0.0625. The van der Waals surface area contributed by atoms with Gasteiger partial charge in [0.05, 0.1) is 6.42 Å². The molecule has 0 fully saturated rings. The molecule has 4 heteroatoms. The van der Waals surface area contributed by atoms with Crippen molar-refractivity contribution < 1.29 is 30.0 Å². The van der Waals surface area contributed by atoms with E-state index >= 15 is 0 Å². The van der Waals surface area contributed by atoms with E-state index in [1.807, 2.05) is 0 Å². The molecule has 0 N–H and O–H groups in total. The molecule has 0 bridgehead atoms. The molecule has 0 aliphatic heterocycles. The second-order valence-electron chi connectivity index (χ2n) is 1.64. The number of ketones is 2. The normalized spacial score (nSPS) is 6.80. The Morgan fingerprint density at radius 1 is 1.30 bits per heavy atom. The number of hydrogen-bond acceptors (Lipinski definition) is 3. The Balaban J connectivity index is 0.